The molecule has 160 valence electrons. The Morgan fingerprint density at radius 3 is 2.28 bits per heavy atom. The monoisotopic (exact) mass is 421 g/mol. The van der Waals surface area contributed by atoms with E-state index in [-0.39, 0.29) is 22.8 Å². The molecule has 3 rings (SSSR count). The minimum Gasteiger partial charge on any atom is -0.352 e. The summed E-state index contributed by atoms with van der Waals surface area (Å²) in [6, 6.07) is 6.24. The molecule has 8 heteroatoms. The van der Waals surface area contributed by atoms with Gasteiger partial charge in [0.1, 0.15) is 0 Å². The molecule has 1 atom stereocenters. The molecular formula is C21H31N3O4S. The highest BCUT2D eigenvalue weighted by Gasteiger charge is 2.27. The molecule has 29 heavy (non-hydrogen) atoms. The number of sulfonamides is 1. The predicted molar refractivity (Wildman–Crippen MR) is 111 cm³/mol. The molecule has 0 spiro atoms. The summed E-state index contributed by atoms with van der Waals surface area (Å²) in [6.45, 7) is 4.05. The van der Waals surface area contributed by atoms with Crippen LogP contribution in [0.4, 0.5) is 0 Å². The maximum atomic E-state index is 12.9. The molecule has 7 nitrogen and oxygen atoms in total. The topological polar surface area (TPSA) is 86.8 Å². The second kappa shape index (κ2) is 9.71. The molecule has 1 aromatic rings. The Bertz CT molecular complexity index is 815. The van der Waals surface area contributed by atoms with Crippen LogP contribution in [0.25, 0.3) is 0 Å². The molecule has 2 amide bonds. The SMILES string of the molecule is CCC(=O)NC1CCCN(C(=O)c2ccc(S(=O)(=O)N3CCCCCC3)cc2)C1. The van der Waals surface area contributed by atoms with Crippen molar-refractivity contribution in [2.45, 2.75) is 62.8 Å². The van der Waals surface area contributed by atoms with Crippen LogP contribution in [0.3, 0.4) is 0 Å². The predicted octanol–water partition coefficient (Wildman–Crippen LogP) is 2.38. The van der Waals surface area contributed by atoms with E-state index in [2.05, 4.69) is 5.32 Å². The highest BCUT2D eigenvalue weighted by atomic mass is 32.2. The lowest BCUT2D eigenvalue weighted by atomic mass is 10.0. The Kier molecular flexibility index (Phi) is 7.29. The Morgan fingerprint density at radius 2 is 1.66 bits per heavy atom. The Hall–Kier alpha value is -1.93. The molecule has 1 unspecified atom stereocenters. The molecule has 0 radical (unpaired) electrons. The smallest absolute Gasteiger partial charge is 0.253 e. The lowest BCUT2D eigenvalue weighted by Gasteiger charge is -2.33. The van der Waals surface area contributed by atoms with Crippen LogP contribution in [0, 0.1) is 0 Å². The molecular weight excluding hydrogens is 390 g/mol. The Labute approximate surface area is 173 Å². The van der Waals surface area contributed by atoms with E-state index in [9.17, 15) is 18.0 Å². The van der Waals surface area contributed by atoms with Crippen LogP contribution < -0.4 is 5.32 Å². The van der Waals surface area contributed by atoms with Gasteiger partial charge >= 0.3 is 0 Å². The van der Waals surface area contributed by atoms with Crippen LogP contribution in [0.1, 0.15) is 62.2 Å². The summed E-state index contributed by atoms with van der Waals surface area (Å²) >= 11 is 0. The molecule has 0 saturated carbocycles. The summed E-state index contributed by atoms with van der Waals surface area (Å²) in [5.74, 6) is -0.133. The van der Waals surface area contributed by atoms with Crippen molar-refractivity contribution in [1.82, 2.24) is 14.5 Å². The van der Waals surface area contributed by atoms with Gasteiger partial charge in [-0.15, -0.1) is 0 Å². The summed E-state index contributed by atoms with van der Waals surface area (Å²) in [5.41, 5.74) is 0.474. The molecule has 2 heterocycles. The summed E-state index contributed by atoms with van der Waals surface area (Å²) in [6.07, 6.45) is 6.03. The number of piperidine rings is 1. The van der Waals surface area contributed by atoms with E-state index < -0.39 is 10.0 Å². The van der Waals surface area contributed by atoms with Crippen LogP contribution >= 0.6 is 0 Å². The summed E-state index contributed by atoms with van der Waals surface area (Å²) in [5, 5.41) is 2.96. The van der Waals surface area contributed by atoms with Crippen LogP contribution in [-0.2, 0) is 14.8 Å². The van der Waals surface area contributed by atoms with E-state index in [1.54, 1.807) is 21.3 Å². The number of amides is 2. The maximum absolute atomic E-state index is 12.9. The van der Waals surface area contributed by atoms with Gasteiger partial charge in [0.05, 0.1) is 4.90 Å². The van der Waals surface area contributed by atoms with Crippen molar-refractivity contribution in [3.05, 3.63) is 29.8 Å². The van der Waals surface area contributed by atoms with Gasteiger partial charge in [-0.2, -0.15) is 4.31 Å². The van der Waals surface area contributed by atoms with Gasteiger partial charge in [-0.05, 0) is 49.9 Å². The third-order valence-electron chi connectivity index (χ3n) is 5.70. The third-order valence-corrected chi connectivity index (χ3v) is 7.61. The van der Waals surface area contributed by atoms with Gasteiger partial charge in [-0.3, -0.25) is 9.59 Å². The van der Waals surface area contributed by atoms with Crippen LogP contribution in [0.2, 0.25) is 0 Å². The molecule has 0 aliphatic carbocycles. The van der Waals surface area contributed by atoms with Crippen molar-refractivity contribution in [3.63, 3.8) is 0 Å². The van der Waals surface area contributed by atoms with Gasteiger partial charge in [0.15, 0.2) is 0 Å². The number of likely N-dealkylation sites (tertiary alicyclic amines) is 1. The van der Waals surface area contributed by atoms with Gasteiger partial charge in [-0.25, -0.2) is 8.42 Å². The largest absolute Gasteiger partial charge is 0.352 e. The lowest BCUT2D eigenvalue weighted by molar-refractivity contribution is -0.121. The van der Waals surface area contributed by atoms with Gasteiger partial charge in [-0.1, -0.05) is 19.8 Å². The van der Waals surface area contributed by atoms with Crippen molar-refractivity contribution in [2.24, 2.45) is 0 Å². The number of nitrogens with one attached hydrogen (secondary N) is 1. The average molecular weight is 422 g/mol. The molecule has 2 saturated heterocycles. The fraction of sp³-hybridized carbons (Fsp3) is 0.619. The van der Waals surface area contributed by atoms with E-state index in [1.807, 2.05) is 6.92 Å². The number of rotatable bonds is 5. The number of carbonyl (C=O) groups excluding carboxylic acids is 2. The molecule has 1 aromatic carbocycles. The Balaban J connectivity index is 1.67. The van der Waals surface area contributed by atoms with E-state index in [0.717, 1.165) is 38.5 Å². The maximum Gasteiger partial charge on any atom is 0.253 e. The highest BCUT2D eigenvalue weighted by molar-refractivity contribution is 7.89. The first-order chi connectivity index (χ1) is 13.9. The van der Waals surface area contributed by atoms with Crippen molar-refractivity contribution in [3.8, 4) is 0 Å². The number of benzene rings is 1. The standard InChI is InChI=1S/C21H31N3O4S/c1-2-20(25)22-18-8-7-13-23(16-18)21(26)17-9-11-19(12-10-17)29(27,28)24-14-5-3-4-6-15-24/h9-12,18H,2-8,13-16H2,1H3,(H,22,25). The van der Waals surface area contributed by atoms with E-state index in [4.69, 9.17) is 0 Å². The average Bonchev–Trinajstić information content (AvgIpc) is 3.03. The number of hydrogen-bond donors (Lipinski definition) is 1. The first kappa shape index (κ1) is 21.8. The second-order valence-corrected chi connectivity index (χ2v) is 9.79. The summed E-state index contributed by atoms with van der Waals surface area (Å²) < 4.78 is 27.3. The first-order valence-corrected chi connectivity index (χ1v) is 12.0. The Morgan fingerprint density at radius 1 is 1.00 bits per heavy atom. The highest BCUT2D eigenvalue weighted by Crippen LogP contribution is 2.21. The molecule has 2 aliphatic heterocycles. The van der Waals surface area contributed by atoms with Gasteiger partial charge in [0.25, 0.3) is 5.91 Å². The minimum atomic E-state index is -3.52. The van der Waals surface area contributed by atoms with Crippen molar-refractivity contribution >= 4 is 21.8 Å². The molecule has 1 N–H and O–H groups in total. The van der Waals surface area contributed by atoms with Crippen LogP contribution in [0.5, 0.6) is 0 Å². The van der Waals surface area contributed by atoms with Crippen molar-refractivity contribution in [2.75, 3.05) is 26.2 Å². The molecule has 0 aromatic heterocycles. The lowest BCUT2D eigenvalue weighted by Crippen LogP contribution is -2.49. The van der Waals surface area contributed by atoms with Crippen LogP contribution in [-0.4, -0.2) is 61.7 Å². The first-order valence-electron chi connectivity index (χ1n) is 10.6. The zero-order valence-electron chi connectivity index (χ0n) is 17.1. The molecule has 2 fully saturated rings. The molecule has 2 aliphatic rings. The summed E-state index contributed by atoms with van der Waals surface area (Å²) in [7, 11) is -3.52. The van der Waals surface area contributed by atoms with Crippen molar-refractivity contribution in [1.29, 1.82) is 0 Å². The zero-order valence-corrected chi connectivity index (χ0v) is 17.9. The van der Waals surface area contributed by atoms with Crippen LogP contribution in [0.15, 0.2) is 29.2 Å². The van der Waals surface area contributed by atoms with Gasteiger partial charge < -0.3 is 10.2 Å². The quantitative estimate of drug-likeness (QED) is 0.791. The second-order valence-electron chi connectivity index (χ2n) is 7.85. The summed E-state index contributed by atoms with van der Waals surface area (Å²) in [4.78, 5) is 26.5. The number of carbonyl (C=O) groups is 2. The molecule has 0 bridgehead atoms. The fourth-order valence-corrected chi connectivity index (χ4v) is 5.51. The van der Waals surface area contributed by atoms with E-state index in [0.29, 0.717) is 38.2 Å². The van der Waals surface area contributed by atoms with Gasteiger partial charge in [0.2, 0.25) is 15.9 Å². The normalized spacial score (nSPS) is 21.4. The third kappa shape index (κ3) is 5.36. The van der Waals surface area contributed by atoms with Gasteiger partial charge in [0, 0.05) is 44.2 Å². The van der Waals surface area contributed by atoms with E-state index in [1.165, 1.54) is 12.1 Å². The fourth-order valence-electron chi connectivity index (χ4n) is 3.99. The zero-order chi connectivity index (χ0) is 20.9. The van der Waals surface area contributed by atoms with E-state index >= 15 is 0 Å². The minimum absolute atomic E-state index is 0.00706. The van der Waals surface area contributed by atoms with Crippen molar-refractivity contribution < 1.29 is 18.0 Å². The number of nitrogens with zero attached hydrogens (tertiary/aromatic N) is 2. The number of hydrogen-bond acceptors (Lipinski definition) is 4.